The number of aromatic nitrogens is 2. The lowest BCUT2D eigenvalue weighted by atomic mass is 10.1. The third-order valence-corrected chi connectivity index (χ3v) is 6.46. The maximum absolute atomic E-state index is 6.52. The van der Waals surface area contributed by atoms with Crippen LogP contribution in [0.2, 0.25) is 20.1 Å². The van der Waals surface area contributed by atoms with Crippen molar-refractivity contribution >= 4 is 52.5 Å². The summed E-state index contributed by atoms with van der Waals surface area (Å²) >= 11 is 25.0. The summed E-state index contributed by atoms with van der Waals surface area (Å²) in [4.78, 5) is 0. The van der Waals surface area contributed by atoms with Gasteiger partial charge in [-0.1, -0.05) is 94.9 Å². The Labute approximate surface area is 231 Å². The first kappa shape index (κ1) is 27.6. The summed E-state index contributed by atoms with van der Waals surface area (Å²) < 4.78 is 10.5. The van der Waals surface area contributed by atoms with Crippen LogP contribution in [-0.4, -0.2) is 4.57 Å². The molecule has 0 bridgehead atoms. The molecule has 0 saturated carbocycles. The molecule has 4 aromatic rings. The van der Waals surface area contributed by atoms with Crippen LogP contribution < -0.4 is 17.0 Å². The number of nitrogens with zero attached hydrogens (tertiary/aromatic N) is 2. The predicted octanol–water partition coefficient (Wildman–Crippen LogP) is 5.06. The van der Waals surface area contributed by atoms with Crippen LogP contribution in [0.3, 0.4) is 0 Å². The van der Waals surface area contributed by atoms with Gasteiger partial charge < -0.3 is 17.1 Å². The molecule has 4 rings (SSSR count). The van der Waals surface area contributed by atoms with E-state index in [-0.39, 0.29) is 18.5 Å². The molecule has 0 spiro atoms. The van der Waals surface area contributed by atoms with Gasteiger partial charge in [0.25, 0.3) is 0 Å². The summed E-state index contributed by atoms with van der Waals surface area (Å²) in [7, 11) is 0. The number of hydrogen-bond donors (Lipinski definition) is 0. The number of benzene rings is 3. The Kier molecular flexibility index (Phi) is 10.5. The Hall–Kier alpha value is -1.98. The highest BCUT2D eigenvalue weighted by molar-refractivity contribution is 6.35. The Balaban J connectivity index is 0.00000342. The lowest BCUT2D eigenvalue weighted by Gasteiger charge is -2.19. The molecule has 0 aliphatic heterocycles. The minimum Gasteiger partial charge on any atom is -1.00 e. The van der Waals surface area contributed by atoms with Crippen molar-refractivity contribution in [3.05, 3.63) is 128 Å². The van der Waals surface area contributed by atoms with Crippen molar-refractivity contribution in [2.45, 2.75) is 25.8 Å². The summed E-state index contributed by atoms with van der Waals surface area (Å²) in [6, 6.07) is 21.1. The monoisotopic (exact) mass is 566 g/mol. The van der Waals surface area contributed by atoms with Gasteiger partial charge >= 0.3 is 0 Å². The molecule has 0 radical (unpaired) electrons. The zero-order chi connectivity index (χ0) is 23.9. The number of allylic oxidation sites excluding steroid dienone is 1. The van der Waals surface area contributed by atoms with Crippen molar-refractivity contribution in [3.63, 3.8) is 0 Å². The van der Waals surface area contributed by atoms with Crippen LogP contribution in [0.15, 0.2) is 91.5 Å². The SMILES string of the molecule is Clc1ccc(COC(Cn2cc[n+](CC=Cc3ccccc3)c2)c2ccc(Cl)cc2Cl)c(Cl)c1.[Cl-]. The topological polar surface area (TPSA) is 18.0 Å². The largest absolute Gasteiger partial charge is 1.00 e. The van der Waals surface area contributed by atoms with Gasteiger partial charge in [0, 0.05) is 25.7 Å². The maximum atomic E-state index is 6.52. The van der Waals surface area contributed by atoms with E-state index in [9.17, 15) is 0 Å². The van der Waals surface area contributed by atoms with Gasteiger partial charge in [0.2, 0.25) is 6.33 Å². The van der Waals surface area contributed by atoms with E-state index < -0.39 is 0 Å². The van der Waals surface area contributed by atoms with E-state index in [4.69, 9.17) is 51.1 Å². The maximum Gasteiger partial charge on any atom is 0.244 e. The van der Waals surface area contributed by atoms with E-state index in [0.717, 1.165) is 17.7 Å². The molecule has 3 nitrogen and oxygen atoms in total. The molecular weight excluding hydrogens is 546 g/mol. The second-order valence-corrected chi connectivity index (χ2v) is 9.51. The summed E-state index contributed by atoms with van der Waals surface area (Å²) in [5.74, 6) is 0. The zero-order valence-electron chi connectivity index (χ0n) is 18.6. The first-order valence-corrected chi connectivity index (χ1v) is 12.3. The Morgan fingerprint density at radius 1 is 0.886 bits per heavy atom. The van der Waals surface area contributed by atoms with E-state index in [2.05, 4.69) is 33.4 Å². The molecule has 0 amide bonds. The Bertz CT molecular complexity index is 1270. The van der Waals surface area contributed by atoms with Crippen LogP contribution in [-0.2, 0) is 24.4 Å². The highest BCUT2D eigenvalue weighted by atomic mass is 35.5. The van der Waals surface area contributed by atoms with Crippen LogP contribution in [0, 0.1) is 0 Å². The molecule has 0 fully saturated rings. The van der Waals surface area contributed by atoms with Crippen molar-refractivity contribution in [3.8, 4) is 0 Å². The van der Waals surface area contributed by atoms with Crippen molar-refractivity contribution in [2.75, 3.05) is 0 Å². The Morgan fingerprint density at radius 2 is 1.60 bits per heavy atom. The van der Waals surface area contributed by atoms with Crippen LogP contribution in [0.25, 0.3) is 6.08 Å². The summed E-state index contributed by atoms with van der Waals surface area (Å²) in [6.07, 6.45) is 10.0. The second kappa shape index (κ2) is 13.4. The van der Waals surface area contributed by atoms with Crippen LogP contribution >= 0.6 is 46.4 Å². The molecule has 0 aliphatic rings. The average molecular weight is 569 g/mol. The number of ether oxygens (including phenoxy) is 1. The first-order valence-electron chi connectivity index (χ1n) is 10.7. The number of hydrogen-bond acceptors (Lipinski definition) is 1. The molecule has 3 aromatic carbocycles. The fourth-order valence-electron chi connectivity index (χ4n) is 3.55. The van der Waals surface area contributed by atoms with Gasteiger partial charge in [-0.25, -0.2) is 9.13 Å². The zero-order valence-corrected chi connectivity index (χ0v) is 22.4. The number of halogens is 5. The standard InChI is InChI=1S/C27H23Cl4N2O.ClH/c28-22-9-8-21(25(30)15-22)18-34-27(24-11-10-23(29)16-26(24)31)17-33-14-13-32(19-33)12-4-7-20-5-2-1-3-6-20;/h1-11,13-16,19,27H,12,17-18H2;1H/q+1;/p-1. The number of imidazole rings is 1. The molecule has 1 aromatic heterocycles. The molecule has 1 atom stereocenters. The number of rotatable bonds is 9. The van der Waals surface area contributed by atoms with Gasteiger partial charge in [0.1, 0.15) is 31.6 Å². The second-order valence-electron chi connectivity index (χ2n) is 7.82. The van der Waals surface area contributed by atoms with Gasteiger partial charge in [0.15, 0.2) is 0 Å². The molecule has 0 saturated heterocycles. The molecule has 0 N–H and O–H groups in total. The molecule has 35 heavy (non-hydrogen) atoms. The normalized spacial score (nSPS) is 12.0. The lowest BCUT2D eigenvalue weighted by molar-refractivity contribution is -0.686. The molecule has 1 heterocycles. The highest BCUT2D eigenvalue weighted by Gasteiger charge is 2.20. The summed E-state index contributed by atoms with van der Waals surface area (Å²) in [5.41, 5.74) is 2.89. The van der Waals surface area contributed by atoms with Gasteiger partial charge in [-0.15, -0.1) is 0 Å². The molecule has 1 unspecified atom stereocenters. The summed E-state index contributed by atoms with van der Waals surface area (Å²) in [5, 5.41) is 2.30. The van der Waals surface area contributed by atoms with E-state index >= 15 is 0 Å². The minimum absolute atomic E-state index is 0. The molecular formula is C27H23Cl5N2O. The molecule has 182 valence electrons. The van der Waals surface area contributed by atoms with E-state index in [1.165, 1.54) is 5.56 Å². The van der Waals surface area contributed by atoms with Crippen molar-refractivity contribution in [1.82, 2.24) is 4.57 Å². The van der Waals surface area contributed by atoms with E-state index in [1.807, 2.05) is 55.1 Å². The smallest absolute Gasteiger partial charge is 0.244 e. The predicted molar refractivity (Wildman–Crippen MR) is 141 cm³/mol. The fourth-order valence-corrected chi connectivity index (χ4v) is 4.55. The van der Waals surface area contributed by atoms with Crippen LogP contribution in [0.1, 0.15) is 22.8 Å². The quantitative estimate of drug-likeness (QED) is 0.258. The molecule has 8 heteroatoms. The van der Waals surface area contributed by atoms with Gasteiger partial charge in [-0.05, 0) is 41.5 Å². The minimum atomic E-state index is -0.308. The van der Waals surface area contributed by atoms with Crippen molar-refractivity contribution in [1.29, 1.82) is 0 Å². The highest BCUT2D eigenvalue weighted by Crippen LogP contribution is 2.31. The first-order chi connectivity index (χ1) is 16.5. The summed E-state index contributed by atoms with van der Waals surface area (Å²) in [6.45, 7) is 1.65. The van der Waals surface area contributed by atoms with Gasteiger partial charge in [-0.3, -0.25) is 0 Å². The lowest BCUT2D eigenvalue weighted by Crippen LogP contribution is -3.00. The Morgan fingerprint density at radius 3 is 2.31 bits per heavy atom. The van der Waals surface area contributed by atoms with Crippen LogP contribution in [0.5, 0.6) is 0 Å². The van der Waals surface area contributed by atoms with Crippen molar-refractivity contribution in [2.24, 2.45) is 0 Å². The third kappa shape index (κ3) is 8.01. The third-order valence-electron chi connectivity index (χ3n) is 5.31. The average Bonchev–Trinajstić information content (AvgIpc) is 3.26. The van der Waals surface area contributed by atoms with E-state index in [0.29, 0.717) is 33.2 Å². The van der Waals surface area contributed by atoms with Crippen LogP contribution in [0.4, 0.5) is 0 Å². The molecule has 0 aliphatic carbocycles. The fraction of sp³-hybridized carbons (Fsp3) is 0.148. The van der Waals surface area contributed by atoms with Gasteiger partial charge in [0.05, 0.1) is 6.61 Å². The van der Waals surface area contributed by atoms with Crippen molar-refractivity contribution < 1.29 is 21.7 Å². The van der Waals surface area contributed by atoms with E-state index in [1.54, 1.807) is 18.2 Å². The van der Waals surface area contributed by atoms with Gasteiger partial charge in [-0.2, -0.15) is 0 Å².